The third-order valence-corrected chi connectivity index (χ3v) is 7.91. The summed E-state index contributed by atoms with van der Waals surface area (Å²) in [4.78, 5) is 18.2. The molecule has 32 heavy (non-hydrogen) atoms. The maximum atomic E-state index is 12.9. The van der Waals surface area contributed by atoms with E-state index in [0.29, 0.717) is 24.4 Å². The van der Waals surface area contributed by atoms with Gasteiger partial charge in [-0.2, -0.15) is 4.98 Å². The van der Waals surface area contributed by atoms with Crippen LogP contribution in [0.3, 0.4) is 0 Å². The molecule has 13 heteroatoms. The van der Waals surface area contributed by atoms with Gasteiger partial charge in [0.2, 0.25) is 5.82 Å². The van der Waals surface area contributed by atoms with E-state index in [1.54, 1.807) is 10.3 Å². The number of anilines is 1. The van der Waals surface area contributed by atoms with Crippen molar-refractivity contribution in [3.63, 3.8) is 0 Å². The second-order valence-electron chi connectivity index (χ2n) is 6.87. The van der Waals surface area contributed by atoms with Crippen molar-refractivity contribution in [2.45, 2.75) is 17.1 Å². The van der Waals surface area contributed by atoms with Crippen LogP contribution in [0.15, 0.2) is 32.3 Å². The number of amides is 1. The van der Waals surface area contributed by atoms with Crippen LogP contribution >= 0.6 is 22.9 Å². The number of aromatic nitrogens is 2. The number of sulfonamides is 1. The van der Waals surface area contributed by atoms with Crippen LogP contribution in [-0.4, -0.2) is 56.7 Å². The second kappa shape index (κ2) is 8.96. The molecule has 1 amide bonds. The molecule has 4 rings (SSSR count). The lowest BCUT2D eigenvalue weighted by Crippen LogP contribution is -2.27. The van der Waals surface area contributed by atoms with Crippen LogP contribution in [0.4, 0.5) is 5.69 Å². The van der Waals surface area contributed by atoms with Gasteiger partial charge in [-0.3, -0.25) is 9.52 Å². The molecule has 2 aromatic heterocycles. The number of carbonyl (C=O) groups is 1. The minimum absolute atomic E-state index is 0.00124. The van der Waals surface area contributed by atoms with E-state index < -0.39 is 10.0 Å². The van der Waals surface area contributed by atoms with Crippen LogP contribution in [0.5, 0.6) is 11.5 Å². The van der Waals surface area contributed by atoms with Crippen molar-refractivity contribution in [1.82, 2.24) is 15.0 Å². The number of methoxy groups -OCH3 is 2. The number of nitrogens with one attached hydrogen (secondary N) is 1. The molecule has 1 saturated heterocycles. The highest BCUT2D eigenvalue weighted by molar-refractivity contribution is 7.94. The smallest absolute Gasteiger partial charge is 0.316 e. The molecule has 0 aliphatic carbocycles. The highest BCUT2D eigenvalue weighted by Gasteiger charge is 2.26. The number of thiophene rings is 1. The first kappa shape index (κ1) is 22.4. The van der Waals surface area contributed by atoms with Gasteiger partial charge in [-0.15, -0.1) is 11.3 Å². The molecule has 1 aliphatic heterocycles. The normalized spacial score (nSPS) is 13.9. The zero-order valence-corrected chi connectivity index (χ0v) is 19.5. The Bertz CT molecular complexity index is 1250. The standard InChI is InChI=1S/C19H19ClN4O6S2/c1-28-12-8-13(20)16(14(9-12)29-2)23-32(26,27)15-7-11(10-31-15)17-21-18(30-22-17)19(25)24-5-3-4-6-24/h7-10,23H,3-6H2,1-2H3. The molecule has 0 saturated carbocycles. The number of hydrogen-bond acceptors (Lipinski definition) is 9. The number of ether oxygens (including phenoxy) is 2. The molecule has 0 unspecified atom stereocenters. The number of likely N-dealkylation sites (tertiary alicyclic amines) is 1. The predicted octanol–water partition coefficient (Wildman–Crippen LogP) is 3.51. The Morgan fingerprint density at radius 2 is 1.97 bits per heavy atom. The van der Waals surface area contributed by atoms with E-state index in [0.717, 1.165) is 24.2 Å². The molecule has 1 aromatic carbocycles. The third-order valence-electron chi connectivity index (χ3n) is 4.82. The maximum Gasteiger partial charge on any atom is 0.316 e. The molecule has 10 nitrogen and oxygen atoms in total. The predicted molar refractivity (Wildman–Crippen MR) is 118 cm³/mol. The third kappa shape index (κ3) is 4.38. The van der Waals surface area contributed by atoms with Crippen molar-refractivity contribution in [1.29, 1.82) is 0 Å². The number of hydrogen-bond donors (Lipinski definition) is 1. The number of carbonyl (C=O) groups excluding carboxylic acids is 1. The molecule has 1 N–H and O–H groups in total. The van der Waals surface area contributed by atoms with E-state index in [9.17, 15) is 13.2 Å². The Morgan fingerprint density at radius 1 is 1.22 bits per heavy atom. The highest BCUT2D eigenvalue weighted by atomic mass is 35.5. The van der Waals surface area contributed by atoms with Crippen LogP contribution in [0.1, 0.15) is 23.5 Å². The molecule has 0 radical (unpaired) electrons. The quantitative estimate of drug-likeness (QED) is 0.524. The van der Waals surface area contributed by atoms with Crippen molar-refractivity contribution >= 4 is 44.6 Å². The fraction of sp³-hybridized carbons (Fsp3) is 0.316. The average Bonchev–Trinajstić information content (AvgIpc) is 3.55. The van der Waals surface area contributed by atoms with Crippen LogP contribution < -0.4 is 14.2 Å². The monoisotopic (exact) mass is 498 g/mol. The van der Waals surface area contributed by atoms with Gasteiger partial charge < -0.3 is 18.9 Å². The number of nitrogens with zero attached hydrogens (tertiary/aromatic N) is 3. The molecule has 1 aliphatic rings. The molecule has 170 valence electrons. The summed E-state index contributed by atoms with van der Waals surface area (Å²) in [5.41, 5.74) is 0.496. The van der Waals surface area contributed by atoms with Crippen molar-refractivity contribution in [2.75, 3.05) is 32.0 Å². The molecular formula is C19H19ClN4O6S2. The van der Waals surface area contributed by atoms with Gasteiger partial charge in [0, 0.05) is 36.2 Å². The molecule has 0 atom stereocenters. The first-order chi connectivity index (χ1) is 15.3. The molecule has 3 heterocycles. The van der Waals surface area contributed by atoms with Crippen LogP contribution in [0.2, 0.25) is 5.02 Å². The van der Waals surface area contributed by atoms with Gasteiger partial charge in [0.15, 0.2) is 0 Å². The Morgan fingerprint density at radius 3 is 2.66 bits per heavy atom. The van der Waals surface area contributed by atoms with Crippen LogP contribution in [-0.2, 0) is 10.0 Å². The number of benzene rings is 1. The minimum atomic E-state index is -4.00. The Kier molecular flexibility index (Phi) is 6.26. The van der Waals surface area contributed by atoms with E-state index in [2.05, 4.69) is 14.9 Å². The molecule has 0 spiro atoms. The molecular weight excluding hydrogens is 480 g/mol. The largest absolute Gasteiger partial charge is 0.497 e. The Balaban J connectivity index is 1.57. The van der Waals surface area contributed by atoms with Gasteiger partial charge in [0.25, 0.3) is 10.0 Å². The van der Waals surface area contributed by atoms with E-state index in [-0.39, 0.29) is 38.3 Å². The molecule has 0 bridgehead atoms. The zero-order chi connectivity index (χ0) is 22.9. The van der Waals surface area contributed by atoms with Gasteiger partial charge >= 0.3 is 11.8 Å². The summed E-state index contributed by atoms with van der Waals surface area (Å²) in [5, 5.41) is 5.50. The summed E-state index contributed by atoms with van der Waals surface area (Å²) in [6, 6.07) is 4.38. The first-order valence-corrected chi connectivity index (χ1v) is 12.2. The fourth-order valence-electron chi connectivity index (χ4n) is 3.18. The summed E-state index contributed by atoms with van der Waals surface area (Å²) >= 11 is 7.19. The fourth-order valence-corrected chi connectivity index (χ4v) is 5.73. The van der Waals surface area contributed by atoms with E-state index >= 15 is 0 Å². The minimum Gasteiger partial charge on any atom is -0.497 e. The van der Waals surface area contributed by atoms with E-state index in [1.807, 2.05) is 0 Å². The Labute approximate surface area is 193 Å². The van der Waals surface area contributed by atoms with Gasteiger partial charge in [0.1, 0.15) is 21.4 Å². The van der Waals surface area contributed by atoms with Crippen molar-refractivity contribution in [2.24, 2.45) is 0 Å². The highest BCUT2D eigenvalue weighted by Crippen LogP contribution is 2.39. The van der Waals surface area contributed by atoms with Gasteiger partial charge in [-0.1, -0.05) is 16.8 Å². The van der Waals surface area contributed by atoms with Crippen molar-refractivity contribution in [3.8, 4) is 22.9 Å². The molecule has 3 aromatic rings. The summed E-state index contributed by atoms with van der Waals surface area (Å²) in [7, 11) is -1.14. The maximum absolute atomic E-state index is 12.9. The SMILES string of the molecule is COc1cc(Cl)c(NS(=O)(=O)c2cc(-c3noc(C(=O)N4CCCC4)n3)cs2)c(OC)c1. The lowest BCUT2D eigenvalue weighted by Gasteiger charge is -2.14. The van der Waals surface area contributed by atoms with Gasteiger partial charge in [0.05, 0.1) is 19.2 Å². The van der Waals surface area contributed by atoms with E-state index in [4.69, 9.17) is 25.6 Å². The van der Waals surface area contributed by atoms with Crippen LogP contribution in [0, 0.1) is 0 Å². The first-order valence-electron chi connectivity index (χ1n) is 9.48. The van der Waals surface area contributed by atoms with Crippen LogP contribution in [0.25, 0.3) is 11.4 Å². The Hall–Kier alpha value is -2.83. The zero-order valence-electron chi connectivity index (χ0n) is 17.1. The van der Waals surface area contributed by atoms with E-state index in [1.165, 1.54) is 32.4 Å². The lowest BCUT2D eigenvalue weighted by atomic mass is 10.3. The lowest BCUT2D eigenvalue weighted by molar-refractivity contribution is 0.0743. The summed E-state index contributed by atoms with van der Waals surface area (Å²) in [5.74, 6) is 0.311. The summed E-state index contributed by atoms with van der Waals surface area (Å²) in [6.45, 7) is 1.31. The number of halogens is 1. The summed E-state index contributed by atoms with van der Waals surface area (Å²) < 4.78 is 43.8. The van der Waals surface area contributed by atoms with Crippen molar-refractivity contribution < 1.29 is 27.2 Å². The average molecular weight is 499 g/mol. The summed E-state index contributed by atoms with van der Waals surface area (Å²) in [6.07, 6.45) is 1.88. The van der Waals surface area contributed by atoms with Gasteiger partial charge in [-0.25, -0.2) is 8.42 Å². The second-order valence-corrected chi connectivity index (χ2v) is 10.1. The van der Waals surface area contributed by atoms with Gasteiger partial charge in [-0.05, 0) is 18.9 Å². The number of rotatable bonds is 7. The topological polar surface area (TPSA) is 124 Å². The van der Waals surface area contributed by atoms with Crippen molar-refractivity contribution in [3.05, 3.63) is 34.5 Å². The molecule has 1 fully saturated rings.